The monoisotopic (exact) mass is 1020 g/mol. The van der Waals surface area contributed by atoms with E-state index in [0.29, 0.717) is 101 Å². The molecule has 6 aromatic carbocycles. The molecule has 78 heavy (non-hydrogen) atoms. The van der Waals surface area contributed by atoms with Gasteiger partial charge in [-0.1, -0.05) is 72.8 Å². The lowest BCUT2D eigenvalue weighted by Crippen LogP contribution is -2.17. The van der Waals surface area contributed by atoms with Gasteiger partial charge in [0.15, 0.2) is 0 Å². The number of para-hydroxylation sites is 4. The average molecular weight is 1030 g/mol. The Bertz CT molecular complexity index is 4180. The van der Waals surface area contributed by atoms with Crippen molar-refractivity contribution in [3.63, 3.8) is 0 Å². The maximum atomic E-state index is 14.3. The van der Waals surface area contributed by atoms with Crippen LogP contribution in [0, 0.1) is 20.2 Å². The normalized spacial score (nSPS) is 13.2. The van der Waals surface area contributed by atoms with E-state index in [2.05, 4.69) is 31.2 Å². The van der Waals surface area contributed by atoms with Crippen LogP contribution >= 0.6 is 0 Å². The van der Waals surface area contributed by atoms with Gasteiger partial charge in [0.05, 0.1) is 32.6 Å². The molecule has 9 aromatic rings. The number of amides is 4. The van der Waals surface area contributed by atoms with Gasteiger partial charge in [-0.2, -0.15) is 0 Å². The van der Waals surface area contributed by atoms with Gasteiger partial charge >= 0.3 is 0 Å². The van der Waals surface area contributed by atoms with E-state index in [9.17, 15) is 39.4 Å². The number of aromatic nitrogens is 4. The second kappa shape index (κ2) is 18.2. The van der Waals surface area contributed by atoms with Crippen LogP contribution in [0.2, 0.25) is 0 Å². The summed E-state index contributed by atoms with van der Waals surface area (Å²) >= 11 is 0. The zero-order valence-corrected chi connectivity index (χ0v) is 40.4. The number of nitro groups is 2. The number of hydrogen-bond acceptors (Lipinski definition) is 10. The molecule has 3 aromatic heterocycles. The van der Waals surface area contributed by atoms with E-state index in [1.807, 2.05) is 72.8 Å². The van der Waals surface area contributed by atoms with Gasteiger partial charge in [-0.25, -0.2) is 9.97 Å². The van der Waals surface area contributed by atoms with Gasteiger partial charge in [-0.05, 0) is 97.1 Å². The van der Waals surface area contributed by atoms with Gasteiger partial charge in [0.25, 0.3) is 35.0 Å². The average Bonchev–Trinajstić information content (AvgIpc) is 4.43. The van der Waals surface area contributed by atoms with Crippen LogP contribution in [0.3, 0.4) is 0 Å². The largest absolute Gasteiger partial charge is 0.354 e. The molecule has 0 aliphatic carbocycles. The molecule has 0 saturated carbocycles. The second-order valence-electron chi connectivity index (χ2n) is 18.5. The summed E-state index contributed by atoms with van der Waals surface area (Å²) < 4.78 is 0. The molecular weight excluding hydrogens is 989 g/mol. The molecule has 0 saturated heterocycles. The van der Waals surface area contributed by atoms with Gasteiger partial charge < -0.3 is 31.2 Å². The van der Waals surface area contributed by atoms with Crippen molar-refractivity contribution in [2.45, 2.75) is 0 Å². The molecule has 0 fully saturated rings. The predicted octanol–water partition coefficient (Wildman–Crippen LogP) is 12.8. The highest BCUT2D eigenvalue weighted by Gasteiger charge is 2.29. The number of benzene rings is 6. The van der Waals surface area contributed by atoms with Crippen LogP contribution in [-0.2, 0) is 0 Å². The van der Waals surface area contributed by atoms with E-state index < -0.39 is 44.9 Å². The zero-order chi connectivity index (χ0) is 53.3. The minimum absolute atomic E-state index is 0.0703. The second-order valence-corrected chi connectivity index (χ2v) is 18.5. The summed E-state index contributed by atoms with van der Waals surface area (Å²) in [5.74, 6) is -2.96. The SMILES string of the molecule is O=C1Nc2ccccc2-c2c3nc(c(c4ccc([nH]4)c4c5nc(c(c6ccc2[nH]6)-c2ccccc2NC(=O)c2ccc(c([N+](=O)[O-])c2)C(=O)Nc2ccccc2-4)C=C5)-c2ccccc2NC(=O)c2ccc1cc2[N+](=O)[O-])C=C3. The minimum atomic E-state index is -0.803. The molecule has 15 rings (SSSR count). The number of carbonyl (C=O) groups excluding carboxylic acids is 4. The highest BCUT2D eigenvalue weighted by Crippen LogP contribution is 2.44. The van der Waals surface area contributed by atoms with Crippen LogP contribution in [0.4, 0.5) is 34.1 Å². The first-order valence-corrected chi connectivity index (χ1v) is 24.3. The first-order valence-electron chi connectivity index (χ1n) is 24.3. The number of H-pyrrole nitrogens is 2. The Kier molecular flexibility index (Phi) is 10.8. The fraction of sp³-hybridized carbons (Fsp3) is 0. The molecule has 6 aliphatic rings. The Morgan fingerprint density at radius 3 is 0.910 bits per heavy atom. The van der Waals surface area contributed by atoms with E-state index in [1.54, 1.807) is 72.8 Å². The molecule has 374 valence electrons. The number of nitrogens with zero attached hydrogens (tertiary/aromatic N) is 4. The highest BCUT2D eigenvalue weighted by molar-refractivity contribution is 6.15. The van der Waals surface area contributed by atoms with Crippen molar-refractivity contribution in [1.29, 1.82) is 0 Å². The van der Waals surface area contributed by atoms with E-state index in [4.69, 9.17) is 9.97 Å². The van der Waals surface area contributed by atoms with Gasteiger partial charge in [0.2, 0.25) is 0 Å². The molecule has 0 unspecified atom stereocenters. The fourth-order valence-corrected chi connectivity index (χ4v) is 10.4. The standard InChI is InChI=1S/C60H36N10O8/c71-57-31-17-19-37(51(29-31)69(75)76)59(73)67-41-15-7-3-11-35(41)55-47-25-23-45(62-47)53(33-9-1-5-13-39(33)65-57)43-21-22-44(61-43)54-34-10-2-6-14-40(34)66-58(72)32-18-20-38(52(30-32)70(77)78)60(74)68-42-16-8-4-12-36(42)56(48-26-24-46(54)63-48)50-28-27-49(55)64-50/h1-30,61,64H,(H,65,71)(H,66,72)(H,67,73)(H,68,74). The van der Waals surface area contributed by atoms with E-state index >= 15 is 0 Å². The Morgan fingerprint density at radius 1 is 0.333 bits per heavy atom. The molecule has 6 aliphatic heterocycles. The van der Waals surface area contributed by atoms with E-state index in [1.165, 1.54) is 24.3 Å². The fourth-order valence-electron chi connectivity index (χ4n) is 10.4. The van der Waals surface area contributed by atoms with Crippen molar-refractivity contribution in [3.05, 3.63) is 223 Å². The lowest BCUT2D eigenvalue weighted by molar-refractivity contribution is -0.385. The summed E-state index contributed by atoms with van der Waals surface area (Å²) in [4.78, 5) is 99.2. The number of anilines is 4. The van der Waals surface area contributed by atoms with Gasteiger partial charge in [-0.15, -0.1) is 0 Å². The van der Waals surface area contributed by atoms with Crippen molar-refractivity contribution in [2.24, 2.45) is 0 Å². The van der Waals surface area contributed by atoms with Crippen LogP contribution in [0.5, 0.6) is 0 Å². The minimum Gasteiger partial charge on any atom is -0.354 e. The van der Waals surface area contributed by atoms with Crippen LogP contribution in [0.1, 0.15) is 64.2 Å². The van der Waals surface area contributed by atoms with Gasteiger partial charge in [0, 0.05) is 113 Å². The predicted molar refractivity (Wildman–Crippen MR) is 299 cm³/mol. The highest BCUT2D eigenvalue weighted by atomic mass is 16.6. The molecule has 18 heteroatoms. The van der Waals surface area contributed by atoms with Crippen molar-refractivity contribution in [3.8, 4) is 44.5 Å². The molecule has 18 nitrogen and oxygen atoms in total. The Morgan fingerprint density at radius 2 is 0.615 bits per heavy atom. The summed E-state index contributed by atoms with van der Waals surface area (Å²) in [6.45, 7) is 0. The number of rotatable bonds is 2. The van der Waals surface area contributed by atoms with Crippen molar-refractivity contribution >= 4 is 104 Å². The van der Waals surface area contributed by atoms with Crippen LogP contribution in [0.25, 0.3) is 90.9 Å². The molecule has 0 atom stereocenters. The van der Waals surface area contributed by atoms with Crippen LogP contribution in [0.15, 0.2) is 158 Å². The third-order valence-corrected chi connectivity index (χ3v) is 13.9. The number of nitrogens with one attached hydrogen (secondary N) is 6. The first-order chi connectivity index (χ1) is 37.9. The summed E-state index contributed by atoms with van der Waals surface area (Å²) in [6.07, 6.45) is 7.39. The lowest BCUT2D eigenvalue weighted by Gasteiger charge is -2.14. The van der Waals surface area contributed by atoms with Crippen LogP contribution in [-0.4, -0.2) is 53.4 Å². The number of nitro benzene ring substituents is 2. The van der Waals surface area contributed by atoms with E-state index in [0.717, 1.165) is 12.1 Å². The molecule has 16 bridgehead atoms. The topological polar surface area (TPSA) is 260 Å². The summed E-state index contributed by atoms with van der Waals surface area (Å²) in [5, 5.41) is 37.2. The maximum Gasteiger partial charge on any atom is 0.282 e. The Balaban J connectivity index is 1.21. The molecule has 0 radical (unpaired) electrons. The number of carbonyl (C=O) groups is 4. The molecular formula is C60H36N10O8. The van der Waals surface area contributed by atoms with E-state index in [-0.39, 0.29) is 33.6 Å². The Labute approximate surface area is 440 Å². The van der Waals surface area contributed by atoms with Crippen molar-refractivity contribution in [2.75, 3.05) is 21.3 Å². The van der Waals surface area contributed by atoms with Gasteiger partial charge in [0.1, 0.15) is 11.1 Å². The third kappa shape index (κ3) is 7.84. The third-order valence-electron chi connectivity index (χ3n) is 13.9. The number of aromatic amines is 2. The quantitative estimate of drug-likeness (QED) is 0.0704. The van der Waals surface area contributed by atoms with Crippen molar-refractivity contribution < 1.29 is 29.0 Å². The molecule has 9 heterocycles. The maximum absolute atomic E-state index is 14.3. The molecule has 4 amide bonds. The smallest absolute Gasteiger partial charge is 0.282 e. The zero-order valence-electron chi connectivity index (χ0n) is 40.4. The molecule has 6 N–H and O–H groups in total. The van der Waals surface area contributed by atoms with Crippen molar-refractivity contribution in [1.82, 2.24) is 19.9 Å². The lowest BCUT2D eigenvalue weighted by atomic mass is 10.0. The Hall–Kier alpha value is -11.4. The number of fused-ring (bicyclic) bond motifs is 12. The van der Waals surface area contributed by atoms with Gasteiger partial charge in [-0.3, -0.25) is 39.4 Å². The number of hydrogen-bond donors (Lipinski definition) is 6. The molecule has 0 spiro atoms. The first kappa shape index (κ1) is 46.4. The van der Waals surface area contributed by atoms with Crippen LogP contribution < -0.4 is 21.3 Å². The summed E-state index contributed by atoms with van der Waals surface area (Å²) in [5.41, 5.74) is 7.32. The summed E-state index contributed by atoms with van der Waals surface area (Å²) in [6, 6.07) is 42.9. The summed E-state index contributed by atoms with van der Waals surface area (Å²) in [7, 11) is 0.